The summed E-state index contributed by atoms with van der Waals surface area (Å²) in [6, 6.07) is 10.3. The van der Waals surface area contributed by atoms with Gasteiger partial charge in [0.15, 0.2) is 0 Å². The first-order valence-corrected chi connectivity index (χ1v) is 5.18. The van der Waals surface area contributed by atoms with Crippen molar-refractivity contribution in [2.24, 2.45) is 0 Å². The summed E-state index contributed by atoms with van der Waals surface area (Å²) < 4.78 is 0. The lowest BCUT2D eigenvalue weighted by atomic mass is 10.1. The Hall–Kier alpha value is -1.57. The SMILES string of the molecule is [O]C(=O)CC=CCCCc1ccccc1. The number of aryl methyl sites for hydroxylation is 1. The minimum Gasteiger partial charge on any atom is -0.247 e. The van der Waals surface area contributed by atoms with Crippen LogP contribution in [0.2, 0.25) is 0 Å². The van der Waals surface area contributed by atoms with E-state index >= 15 is 0 Å². The Bertz CT molecular complexity index is 315. The smallest absolute Gasteiger partial charge is 0.247 e. The van der Waals surface area contributed by atoms with Crippen LogP contribution in [0.25, 0.3) is 0 Å². The van der Waals surface area contributed by atoms with Crippen LogP contribution in [0.3, 0.4) is 0 Å². The van der Waals surface area contributed by atoms with Crippen molar-refractivity contribution < 1.29 is 9.90 Å². The van der Waals surface area contributed by atoms with E-state index in [1.807, 2.05) is 24.3 Å². The van der Waals surface area contributed by atoms with E-state index in [9.17, 15) is 9.90 Å². The van der Waals surface area contributed by atoms with E-state index < -0.39 is 5.97 Å². The molecule has 2 nitrogen and oxygen atoms in total. The van der Waals surface area contributed by atoms with E-state index in [2.05, 4.69) is 12.1 Å². The quantitative estimate of drug-likeness (QED) is 0.517. The average Bonchev–Trinajstić information content (AvgIpc) is 2.24. The minimum atomic E-state index is -1.02. The summed E-state index contributed by atoms with van der Waals surface area (Å²) in [5.74, 6) is -1.02. The van der Waals surface area contributed by atoms with Gasteiger partial charge in [-0.15, -0.1) is 0 Å². The second-order valence-electron chi connectivity index (χ2n) is 3.43. The summed E-state index contributed by atoms with van der Waals surface area (Å²) in [5, 5.41) is 10.1. The lowest BCUT2D eigenvalue weighted by molar-refractivity contribution is -0.142. The zero-order valence-electron chi connectivity index (χ0n) is 8.69. The predicted molar refractivity (Wildman–Crippen MR) is 58.8 cm³/mol. The van der Waals surface area contributed by atoms with E-state index in [1.165, 1.54) is 5.56 Å². The van der Waals surface area contributed by atoms with Gasteiger partial charge in [-0.25, -0.2) is 9.90 Å². The van der Waals surface area contributed by atoms with Gasteiger partial charge in [0.1, 0.15) is 0 Å². The Morgan fingerprint density at radius 3 is 2.53 bits per heavy atom. The molecule has 1 rings (SSSR count). The molecule has 0 saturated heterocycles. The van der Waals surface area contributed by atoms with E-state index in [0.29, 0.717) is 0 Å². The van der Waals surface area contributed by atoms with Crippen molar-refractivity contribution in [2.75, 3.05) is 0 Å². The van der Waals surface area contributed by atoms with Crippen LogP contribution in [-0.2, 0) is 16.3 Å². The summed E-state index contributed by atoms with van der Waals surface area (Å²) in [7, 11) is 0. The second kappa shape index (κ2) is 6.82. The van der Waals surface area contributed by atoms with Crippen LogP contribution in [0.4, 0.5) is 0 Å². The molecule has 0 aliphatic heterocycles. The van der Waals surface area contributed by atoms with Crippen molar-refractivity contribution in [1.82, 2.24) is 0 Å². The number of hydrogen-bond acceptors (Lipinski definition) is 1. The fourth-order valence-corrected chi connectivity index (χ4v) is 1.37. The third kappa shape index (κ3) is 5.68. The van der Waals surface area contributed by atoms with Crippen LogP contribution in [-0.4, -0.2) is 5.97 Å². The van der Waals surface area contributed by atoms with Crippen molar-refractivity contribution in [3.8, 4) is 0 Å². The van der Waals surface area contributed by atoms with Crippen molar-refractivity contribution in [1.29, 1.82) is 0 Å². The molecule has 0 heterocycles. The summed E-state index contributed by atoms with van der Waals surface area (Å²) in [5.41, 5.74) is 1.32. The zero-order valence-corrected chi connectivity index (χ0v) is 8.69. The number of carbonyl (C=O) groups is 1. The van der Waals surface area contributed by atoms with Crippen LogP contribution in [0.15, 0.2) is 42.5 Å². The predicted octanol–water partition coefficient (Wildman–Crippen LogP) is 2.91. The molecule has 0 saturated carbocycles. The van der Waals surface area contributed by atoms with E-state index in [1.54, 1.807) is 6.08 Å². The Balaban J connectivity index is 2.12. The molecule has 0 fully saturated rings. The molecule has 0 unspecified atom stereocenters. The van der Waals surface area contributed by atoms with Gasteiger partial charge in [-0.2, -0.15) is 0 Å². The standard InChI is InChI=1S/C13H15O2/c14-13(15)11-7-2-1-4-8-12-9-5-3-6-10-12/h2-3,5-7,9-10H,1,4,8,11H2. The lowest BCUT2D eigenvalue weighted by Crippen LogP contribution is -1.87. The third-order valence-corrected chi connectivity index (χ3v) is 2.13. The topological polar surface area (TPSA) is 37.0 Å². The van der Waals surface area contributed by atoms with Crippen molar-refractivity contribution in [3.63, 3.8) is 0 Å². The minimum absolute atomic E-state index is 0.0192. The van der Waals surface area contributed by atoms with Crippen LogP contribution in [0.1, 0.15) is 24.8 Å². The van der Waals surface area contributed by atoms with Crippen LogP contribution in [0, 0.1) is 0 Å². The monoisotopic (exact) mass is 203 g/mol. The molecular weight excluding hydrogens is 188 g/mol. The fourth-order valence-electron chi connectivity index (χ4n) is 1.37. The molecule has 0 spiro atoms. The first-order chi connectivity index (χ1) is 7.29. The third-order valence-electron chi connectivity index (χ3n) is 2.13. The van der Waals surface area contributed by atoms with Gasteiger partial charge < -0.3 is 0 Å². The number of unbranched alkanes of at least 4 members (excludes halogenated alkanes) is 1. The number of hydrogen-bond donors (Lipinski definition) is 0. The van der Waals surface area contributed by atoms with E-state index in [4.69, 9.17) is 0 Å². The molecule has 0 amide bonds. The Labute approximate surface area is 90.3 Å². The lowest BCUT2D eigenvalue weighted by Gasteiger charge is -1.97. The van der Waals surface area contributed by atoms with Crippen LogP contribution < -0.4 is 0 Å². The second-order valence-corrected chi connectivity index (χ2v) is 3.43. The van der Waals surface area contributed by atoms with Gasteiger partial charge in [0.25, 0.3) is 0 Å². The molecule has 1 aromatic rings. The first-order valence-electron chi connectivity index (χ1n) is 5.18. The van der Waals surface area contributed by atoms with Crippen molar-refractivity contribution in [3.05, 3.63) is 48.0 Å². The number of allylic oxidation sites excluding steroid dienone is 1. The van der Waals surface area contributed by atoms with E-state index in [0.717, 1.165) is 19.3 Å². The van der Waals surface area contributed by atoms with Gasteiger partial charge in [-0.3, -0.25) is 0 Å². The molecule has 2 heteroatoms. The molecule has 1 radical (unpaired) electrons. The van der Waals surface area contributed by atoms with Gasteiger partial charge in [0.2, 0.25) is 0 Å². The van der Waals surface area contributed by atoms with Crippen LogP contribution >= 0.6 is 0 Å². The maximum absolute atomic E-state index is 10.1. The number of rotatable bonds is 6. The fraction of sp³-hybridized carbons (Fsp3) is 0.308. The summed E-state index contributed by atoms with van der Waals surface area (Å²) in [6.07, 6.45) is 6.58. The molecule has 0 bridgehead atoms. The van der Waals surface area contributed by atoms with Crippen molar-refractivity contribution in [2.45, 2.75) is 25.7 Å². The van der Waals surface area contributed by atoms with Crippen molar-refractivity contribution >= 4 is 5.97 Å². The molecule has 79 valence electrons. The molecule has 1 aromatic carbocycles. The maximum atomic E-state index is 10.1. The highest BCUT2D eigenvalue weighted by atomic mass is 16.4. The average molecular weight is 203 g/mol. The largest absolute Gasteiger partial charge is 0.359 e. The van der Waals surface area contributed by atoms with Gasteiger partial charge in [0, 0.05) is 0 Å². The summed E-state index contributed by atoms with van der Waals surface area (Å²) in [6.45, 7) is 0. The molecule has 15 heavy (non-hydrogen) atoms. The molecule has 0 aromatic heterocycles. The van der Waals surface area contributed by atoms with Gasteiger partial charge in [-0.1, -0.05) is 42.5 Å². The van der Waals surface area contributed by atoms with Gasteiger partial charge >= 0.3 is 5.97 Å². The first kappa shape index (κ1) is 11.5. The van der Waals surface area contributed by atoms with Gasteiger partial charge in [-0.05, 0) is 24.8 Å². The maximum Gasteiger partial charge on any atom is 0.359 e. The van der Waals surface area contributed by atoms with E-state index in [-0.39, 0.29) is 6.42 Å². The Morgan fingerprint density at radius 1 is 1.13 bits per heavy atom. The summed E-state index contributed by atoms with van der Waals surface area (Å²) in [4.78, 5) is 10.1. The van der Waals surface area contributed by atoms with Gasteiger partial charge in [0.05, 0.1) is 6.42 Å². The zero-order chi connectivity index (χ0) is 10.9. The molecule has 0 atom stereocenters. The Kier molecular flexibility index (Phi) is 5.23. The number of benzene rings is 1. The normalized spacial score (nSPS) is 10.7. The highest BCUT2D eigenvalue weighted by Crippen LogP contribution is 2.04. The highest BCUT2D eigenvalue weighted by molar-refractivity contribution is 5.68. The highest BCUT2D eigenvalue weighted by Gasteiger charge is 1.93. The summed E-state index contributed by atoms with van der Waals surface area (Å²) >= 11 is 0. The molecule has 0 N–H and O–H groups in total. The molecular formula is C13H15O2. The molecule has 0 aliphatic carbocycles. The number of carbonyl (C=O) groups excluding carboxylic acids is 1. The molecule has 0 aliphatic rings. The van der Waals surface area contributed by atoms with Crippen LogP contribution in [0.5, 0.6) is 0 Å². The Morgan fingerprint density at radius 2 is 1.87 bits per heavy atom.